The van der Waals surface area contributed by atoms with E-state index in [2.05, 4.69) is 45.1 Å². The molecule has 1 amide bonds. The molecule has 0 unspecified atom stereocenters. The predicted molar refractivity (Wildman–Crippen MR) is 88.1 cm³/mol. The lowest BCUT2D eigenvalue weighted by molar-refractivity contribution is -0.137. The van der Waals surface area contributed by atoms with Crippen LogP contribution in [0.2, 0.25) is 0 Å². The maximum absolute atomic E-state index is 12.7. The maximum Gasteiger partial charge on any atom is 0.224 e. The van der Waals surface area contributed by atoms with Gasteiger partial charge in [-0.05, 0) is 35.7 Å². The Morgan fingerprint density at radius 1 is 1.10 bits per heavy atom. The fourth-order valence-corrected chi connectivity index (χ4v) is 4.13. The highest BCUT2D eigenvalue weighted by Crippen LogP contribution is 2.50. The molecule has 2 rings (SSSR count). The van der Waals surface area contributed by atoms with E-state index in [1.165, 1.54) is 12.0 Å². The molecule has 1 fully saturated rings. The van der Waals surface area contributed by atoms with Crippen molar-refractivity contribution in [1.29, 1.82) is 0 Å². The molecule has 0 saturated heterocycles. The van der Waals surface area contributed by atoms with E-state index in [0.717, 1.165) is 25.8 Å². The van der Waals surface area contributed by atoms with Crippen LogP contribution in [0.25, 0.3) is 0 Å². The van der Waals surface area contributed by atoms with Crippen LogP contribution in [0.4, 0.5) is 0 Å². The summed E-state index contributed by atoms with van der Waals surface area (Å²) in [4.78, 5) is 12.7. The number of hydrogen-bond donors (Lipinski definition) is 1. The molecular weight excluding hydrogens is 258 g/mol. The summed E-state index contributed by atoms with van der Waals surface area (Å²) in [6.07, 6.45) is 4.42. The summed E-state index contributed by atoms with van der Waals surface area (Å²) in [5, 5.41) is 3.17. The molecule has 21 heavy (non-hydrogen) atoms. The monoisotopic (exact) mass is 287 g/mol. The van der Waals surface area contributed by atoms with Crippen molar-refractivity contribution in [3.05, 3.63) is 35.9 Å². The second-order valence-corrected chi connectivity index (χ2v) is 7.79. The molecule has 1 N–H and O–H groups in total. The van der Waals surface area contributed by atoms with E-state index in [0.29, 0.717) is 0 Å². The second kappa shape index (κ2) is 6.21. The predicted octanol–water partition coefficient (Wildman–Crippen LogP) is 4.20. The molecule has 1 saturated carbocycles. The SMILES string of the molecule is CC1(C)CCCC(C)(C)C1C(=O)NCCc1ccccc1. The molecule has 2 nitrogen and oxygen atoms in total. The molecule has 0 heterocycles. The lowest BCUT2D eigenvalue weighted by atomic mass is 9.57. The second-order valence-electron chi connectivity index (χ2n) is 7.79. The topological polar surface area (TPSA) is 29.1 Å². The Kier molecular flexibility index (Phi) is 4.75. The van der Waals surface area contributed by atoms with Gasteiger partial charge in [0.1, 0.15) is 0 Å². The van der Waals surface area contributed by atoms with Crippen molar-refractivity contribution in [1.82, 2.24) is 5.32 Å². The molecule has 0 spiro atoms. The summed E-state index contributed by atoms with van der Waals surface area (Å²) in [5.74, 6) is 0.343. The van der Waals surface area contributed by atoms with Crippen LogP contribution in [0.3, 0.4) is 0 Å². The smallest absolute Gasteiger partial charge is 0.224 e. The van der Waals surface area contributed by atoms with Gasteiger partial charge in [0.05, 0.1) is 0 Å². The molecule has 0 radical (unpaired) electrons. The molecule has 1 aromatic carbocycles. The van der Waals surface area contributed by atoms with E-state index in [4.69, 9.17) is 0 Å². The molecular formula is C19H29NO. The number of amides is 1. The third kappa shape index (κ3) is 3.87. The average molecular weight is 287 g/mol. The summed E-state index contributed by atoms with van der Waals surface area (Å²) < 4.78 is 0. The zero-order valence-corrected chi connectivity index (χ0v) is 13.9. The summed E-state index contributed by atoms with van der Waals surface area (Å²) in [7, 11) is 0. The van der Waals surface area contributed by atoms with Crippen LogP contribution in [-0.2, 0) is 11.2 Å². The van der Waals surface area contributed by atoms with Crippen molar-refractivity contribution < 1.29 is 4.79 Å². The first-order valence-corrected chi connectivity index (χ1v) is 8.15. The Balaban J connectivity index is 1.95. The molecule has 1 aromatic rings. The summed E-state index contributed by atoms with van der Waals surface area (Å²) in [5.41, 5.74) is 1.47. The normalized spacial score (nSPS) is 21.0. The van der Waals surface area contributed by atoms with E-state index in [1.807, 2.05) is 18.2 Å². The van der Waals surface area contributed by atoms with Crippen LogP contribution >= 0.6 is 0 Å². The van der Waals surface area contributed by atoms with E-state index in [9.17, 15) is 4.79 Å². The summed E-state index contributed by atoms with van der Waals surface area (Å²) >= 11 is 0. The third-order valence-corrected chi connectivity index (χ3v) is 5.02. The highest BCUT2D eigenvalue weighted by molar-refractivity contribution is 5.80. The number of rotatable bonds is 4. The summed E-state index contributed by atoms with van der Waals surface area (Å²) in [6, 6.07) is 10.3. The molecule has 0 aliphatic heterocycles. The highest BCUT2D eigenvalue weighted by Gasteiger charge is 2.47. The van der Waals surface area contributed by atoms with Crippen LogP contribution in [0.5, 0.6) is 0 Å². The van der Waals surface area contributed by atoms with Gasteiger partial charge in [0.2, 0.25) is 5.91 Å². The Labute approximate surface area is 129 Å². The zero-order valence-electron chi connectivity index (χ0n) is 13.9. The lowest BCUT2D eigenvalue weighted by Gasteiger charge is -2.48. The van der Waals surface area contributed by atoms with E-state index in [-0.39, 0.29) is 22.7 Å². The number of hydrogen-bond acceptors (Lipinski definition) is 1. The maximum atomic E-state index is 12.7. The minimum absolute atomic E-state index is 0.0958. The van der Waals surface area contributed by atoms with E-state index in [1.54, 1.807) is 0 Å². The average Bonchev–Trinajstić information content (AvgIpc) is 2.37. The largest absolute Gasteiger partial charge is 0.355 e. The first-order valence-electron chi connectivity index (χ1n) is 8.15. The van der Waals surface area contributed by atoms with Crippen LogP contribution in [-0.4, -0.2) is 12.5 Å². The van der Waals surface area contributed by atoms with Gasteiger partial charge < -0.3 is 5.32 Å². The fraction of sp³-hybridized carbons (Fsp3) is 0.632. The van der Waals surface area contributed by atoms with Crippen molar-refractivity contribution in [2.75, 3.05) is 6.54 Å². The van der Waals surface area contributed by atoms with Crippen molar-refractivity contribution in [3.63, 3.8) is 0 Å². The summed E-state index contributed by atoms with van der Waals surface area (Å²) in [6.45, 7) is 9.71. The Morgan fingerprint density at radius 3 is 2.24 bits per heavy atom. The quantitative estimate of drug-likeness (QED) is 0.883. The Hall–Kier alpha value is -1.31. The van der Waals surface area contributed by atoms with Crippen LogP contribution in [0.15, 0.2) is 30.3 Å². The molecule has 0 bridgehead atoms. The van der Waals surface area contributed by atoms with E-state index >= 15 is 0 Å². The molecule has 1 aliphatic rings. The van der Waals surface area contributed by atoms with Gasteiger partial charge in [-0.15, -0.1) is 0 Å². The molecule has 1 aliphatic carbocycles. The van der Waals surface area contributed by atoms with Crippen LogP contribution < -0.4 is 5.32 Å². The van der Waals surface area contributed by atoms with Crippen LogP contribution in [0, 0.1) is 16.7 Å². The molecule has 0 atom stereocenters. The van der Waals surface area contributed by atoms with Gasteiger partial charge in [-0.1, -0.05) is 64.4 Å². The highest BCUT2D eigenvalue weighted by atomic mass is 16.1. The molecule has 0 aromatic heterocycles. The van der Waals surface area contributed by atoms with Gasteiger partial charge in [0, 0.05) is 12.5 Å². The minimum atomic E-state index is 0.0958. The Bertz CT molecular complexity index is 460. The number of carbonyl (C=O) groups excluding carboxylic acids is 1. The van der Waals surface area contributed by atoms with Gasteiger partial charge in [0.25, 0.3) is 0 Å². The van der Waals surface area contributed by atoms with Gasteiger partial charge in [-0.3, -0.25) is 4.79 Å². The van der Waals surface area contributed by atoms with Crippen molar-refractivity contribution in [2.24, 2.45) is 16.7 Å². The van der Waals surface area contributed by atoms with Gasteiger partial charge in [-0.25, -0.2) is 0 Å². The fourth-order valence-electron chi connectivity index (χ4n) is 4.13. The standard InChI is InChI=1S/C19H29NO/c1-18(2)12-8-13-19(3,4)16(18)17(21)20-14-11-15-9-6-5-7-10-15/h5-7,9-10,16H,8,11-14H2,1-4H3,(H,20,21). The third-order valence-electron chi connectivity index (χ3n) is 5.02. The first kappa shape index (κ1) is 16.1. The number of carbonyl (C=O) groups is 1. The van der Waals surface area contributed by atoms with Gasteiger partial charge in [0.15, 0.2) is 0 Å². The Morgan fingerprint density at radius 2 is 1.67 bits per heavy atom. The van der Waals surface area contributed by atoms with Gasteiger partial charge >= 0.3 is 0 Å². The van der Waals surface area contributed by atoms with Crippen molar-refractivity contribution in [3.8, 4) is 0 Å². The number of nitrogens with one attached hydrogen (secondary N) is 1. The number of benzene rings is 1. The van der Waals surface area contributed by atoms with Gasteiger partial charge in [-0.2, -0.15) is 0 Å². The molecule has 2 heteroatoms. The van der Waals surface area contributed by atoms with Crippen molar-refractivity contribution in [2.45, 2.75) is 53.4 Å². The zero-order chi connectivity index (χ0) is 15.5. The molecule has 116 valence electrons. The van der Waals surface area contributed by atoms with Crippen molar-refractivity contribution >= 4 is 5.91 Å². The first-order chi connectivity index (χ1) is 9.83. The van der Waals surface area contributed by atoms with E-state index < -0.39 is 0 Å². The minimum Gasteiger partial charge on any atom is -0.355 e. The van der Waals surface area contributed by atoms with Crippen LogP contribution in [0.1, 0.15) is 52.5 Å². The lowest BCUT2D eigenvalue weighted by Crippen LogP contribution is -2.49.